The molecule has 0 saturated heterocycles. The van der Waals surface area contributed by atoms with Crippen LogP contribution < -0.4 is 10.5 Å². The highest BCUT2D eigenvalue weighted by Crippen LogP contribution is 2.39. The van der Waals surface area contributed by atoms with E-state index < -0.39 is 18.1 Å². The summed E-state index contributed by atoms with van der Waals surface area (Å²) in [5, 5.41) is 17.4. The lowest BCUT2D eigenvalue weighted by molar-refractivity contribution is -0.137. The Labute approximate surface area is 114 Å². The summed E-state index contributed by atoms with van der Waals surface area (Å²) in [5.74, 6) is -0.249. The molecule has 0 amide bonds. The molecule has 0 radical (unpaired) electrons. The van der Waals surface area contributed by atoms with Gasteiger partial charge in [-0.15, -0.1) is 5.10 Å². The maximum Gasteiger partial charge on any atom is 0.325 e. The summed E-state index contributed by atoms with van der Waals surface area (Å²) in [6, 6.07) is 1.74. The fraction of sp³-hybridized carbons (Fsp3) is 0.500. The van der Waals surface area contributed by atoms with E-state index in [2.05, 4.69) is 10.2 Å². The SMILES string of the molecule is CN(C)c1nn(CC(=O)O)c(=O)c2cc(C3CC3)nn12. The normalized spacial score (nSPS) is 14.7. The van der Waals surface area contributed by atoms with E-state index in [1.807, 2.05) is 0 Å². The number of anilines is 1. The molecule has 8 heteroatoms. The number of aromatic nitrogens is 4. The zero-order valence-corrected chi connectivity index (χ0v) is 11.3. The van der Waals surface area contributed by atoms with Crippen molar-refractivity contribution < 1.29 is 9.90 Å². The summed E-state index contributed by atoms with van der Waals surface area (Å²) in [7, 11) is 3.55. The first kappa shape index (κ1) is 12.6. The molecule has 0 spiro atoms. The molecular weight excluding hydrogens is 262 g/mol. The smallest absolute Gasteiger partial charge is 0.325 e. The Hall–Kier alpha value is -2.38. The molecule has 8 nitrogen and oxygen atoms in total. The number of aliphatic carboxylic acids is 1. The van der Waals surface area contributed by atoms with Gasteiger partial charge < -0.3 is 10.0 Å². The van der Waals surface area contributed by atoms with Gasteiger partial charge in [-0.05, 0) is 18.9 Å². The summed E-state index contributed by atoms with van der Waals surface area (Å²) in [5.41, 5.74) is 0.810. The van der Waals surface area contributed by atoms with Crippen molar-refractivity contribution in [3.05, 3.63) is 22.1 Å². The Bertz CT molecular complexity index is 741. The number of hydrogen-bond donors (Lipinski definition) is 1. The summed E-state index contributed by atoms with van der Waals surface area (Å²) >= 11 is 0. The molecule has 1 fully saturated rings. The van der Waals surface area contributed by atoms with Gasteiger partial charge in [0, 0.05) is 20.0 Å². The number of carbonyl (C=O) groups is 1. The molecule has 2 aromatic rings. The second-order valence-corrected chi connectivity index (χ2v) is 5.19. The quantitative estimate of drug-likeness (QED) is 0.840. The van der Waals surface area contributed by atoms with Gasteiger partial charge in [-0.2, -0.15) is 9.61 Å². The first-order valence-electron chi connectivity index (χ1n) is 6.37. The molecule has 1 N–H and O–H groups in total. The molecule has 3 rings (SSSR count). The van der Waals surface area contributed by atoms with E-state index >= 15 is 0 Å². The van der Waals surface area contributed by atoms with Crippen LogP contribution in [0.15, 0.2) is 10.9 Å². The molecule has 106 valence electrons. The second kappa shape index (κ2) is 4.32. The third-order valence-corrected chi connectivity index (χ3v) is 3.26. The Morgan fingerprint density at radius 1 is 1.45 bits per heavy atom. The van der Waals surface area contributed by atoms with Crippen molar-refractivity contribution in [2.75, 3.05) is 19.0 Å². The first-order chi connectivity index (χ1) is 9.47. The van der Waals surface area contributed by atoms with E-state index in [4.69, 9.17) is 5.11 Å². The highest BCUT2D eigenvalue weighted by atomic mass is 16.4. The van der Waals surface area contributed by atoms with E-state index in [1.165, 1.54) is 4.52 Å². The monoisotopic (exact) mass is 277 g/mol. The van der Waals surface area contributed by atoms with Crippen molar-refractivity contribution >= 4 is 17.4 Å². The van der Waals surface area contributed by atoms with Gasteiger partial charge in [0.05, 0.1) is 5.69 Å². The molecule has 0 unspecified atom stereocenters. The molecule has 0 atom stereocenters. The summed E-state index contributed by atoms with van der Waals surface area (Å²) in [6.45, 7) is -0.458. The third-order valence-electron chi connectivity index (χ3n) is 3.26. The fourth-order valence-corrected chi connectivity index (χ4v) is 2.12. The minimum Gasteiger partial charge on any atom is -0.480 e. The minimum atomic E-state index is -1.10. The molecule has 2 aromatic heterocycles. The number of fused-ring (bicyclic) bond motifs is 1. The standard InChI is InChI=1S/C12H15N5O3/c1-15(2)12-14-16(6-10(18)19)11(20)9-5-8(7-3-4-7)13-17(9)12/h5,7H,3-4,6H2,1-2H3,(H,18,19). The fourth-order valence-electron chi connectivity index (χ4n) is 2.12. The van der Waals surface area contributed by atoms with Crippen LogP contribution in [0.2, 0.25) is 0 Å². The molecule has 0 aromatic carbocycles. The lowest BCUT2D eigenvalue weighted by atomic mass is 10.3. The van der Waals surface area contributed by atoms with Crippen LogP contribution in [0.3, 0.4) is 0 Å². The average Bonchev–Trinajstić information content (AvgIpc) is 3.11. The van der Waals surface area contributed by atoms with Crippen LogP contribution in [-0.4, -0.2) is 44.6 Å². The van der Waals surface area contributed by atoms with Crippen LogP contribution in [0.1, 0.15) is 24.5 Å². The Kier molecular flexibility index (Phi) is 2.73. The predicted molar refractivity (Wildman–Crippen MR) is 71.2 cm³/mol. The summed E-state index contributed by atoms with van der Waals surface area (Å²) in [4.78, 5) is 24.8. The molecule has 1 saturated carbocycles. The lowest BCUT2D eigenvalue weighted by Gasteiger charge is -2.14. The maximum atomic E-state index is 12.3. The average molecular weight is 277 g/mol. The minimum absolute atomic E-state index is 0.367. The van der Waals surface area contributed by atoms with Crippen molar-refractivity contribution in [1.29, 1.82) is 0 Å². The molecular formula is C12H15N5O3. The van der Waals surface area contributed by atoms with Crippen LogP contribution >= 0.6 is 0 Å². The van der Waals surface area contributed by atoms with Crippen molar-refractivity contribution in [1.82, 2.24) is 19.4 Å². The molecule has 2 heterocycles. The van der Waals surface area contributed by atoms with Gasteiger partial charge >= 0.3 is 5.97 Å². The lowest BCUT2D eigenvalue weighted by Crippen LogP contribution is -2.31. The molecule has 1 aliphatic carbocycles. The Morgan fingerprint density at radius 2 is 2.15 bits per heavy atom. The van der Waals surface area contributed by atoms with Gasteiger partial charge in [0.2, 0.25) is 5.95 Å². The van der Waals surface area contributed by atoms with Crippen LogP contribution in [-0.2, 0) is 11.3 Å². The van der Waals surface area contributed by atoms with E-state index in [9.17, 15) is 9.59 Å². The number of hydrogen-bond acceptors (Lipinski definition) is 5. The molecule has 20 heavy (non-hydrogen) atoms. The second-order valence-electron chi connectivity index (χ2n) is 5.19. The van der Waals surface area contributed by atoms with Crippen molar-refractivity contribution in [3.63, 3.8) is 0 Å². The zero-order valence-electron chi connectivity index (χ0n) is 11.3. The van der Waals surface area contributed by atoms with Gasteiger partial charge in [-0.25, -0.2) is 4.68 Å². The highest BCUT2D eigenvalue weighted by Gasteiger charge is 2.28. The van der Waals surface area contributed by atoms with Gasteiger partial charge in [0.25, 0.3) is 5.56 Å². The van der Waals surface area contributed by atoms with E-state index in [1.54, 1.807) is 25.1 Å². The van der Waals surface area contributed by atoms with Gasteiger partial charge in [-0.1, -0.05) is 0 Å². The van der Waals surface area contributed by atoms with Crippen LogP contribution in [0.5, 0.6) is 0 Å². The summed E-state index contributed by atoms with van der Waals surface area (Å²) in [6.07, 6.45) is 2.16. The number of nitrogens with zero attached hydrogens (tertiary/aromatic N) is 5. The van der Waals surface area contributed by atoms with Gasteiger partial charge in [-0.3, -0.25) is 9.59 Å². The highest BCUT2D eigenvalue weighted by molar-refractivity contribution is 5.66. The van der Waals surface area contributed by atoms with Crippen LogP contribution in [0.25, 0.3) is 5.52 Å². The Balaban J connectivity index is 2.24. The molecule has 0 aliphatic heterocycles. The number of carboxylic acids is 1. The molecule has 1 aliphatic rings. The van der Waals surface area contributed by atoms with Crippen LogP contribution in [0, 0.1) is 0 Å². The Morgan fingerprint density at radius 3 is 2.70 bits per heavy atom. The summed E-state index contributed by atoms with van der Waals surface area (Å²) < 4.78 is 2.46. The van der Waals surface area contributed by atoms with Crippen molar-refractivity contribution in [2.24, 2.45) is 0 Å². The van der Waals surface area contributed by atoms with E-state index in [0.717, 1.165) is 23.2 Å². The van der Waals surface area contributed by atoms with E-state index in [-0.39, 0.29) is 0 Å². The van der Waals surface area contributed by atoms with Gasteiger partial charge in [0.1, 0.15) is 12.1 Å². The zero-order chi connectivity index (χ0) is 14.4. The number of rotatable bonds is 4. The van der Waals surface area contributed by atoms with Gasteiger partial charge in [0.15, 0.2) is 0 Å². The van der Waals surface area contributed by atoms with E-state index in [0.29, 0.717) is 17.4 Å². The molecule has 0 bridgehead atoms. The largest absolute Gasteiger partial charge is 0.480 e. The van der Waals surface area contributed by atoms with Crippen molar-refractivity contribution in [2.45, 2.75) is 25.3 Å². The third kappa shape index (κ3) is 2.02. The first-order valence-corrected chi connectivity index (χ1v) is 6.37. The van der Waals surface area contributed by atoms with Crippen molar-refractivity contribution in [3.8, 4) is 0 Å². The number of carboxylic acid groups (broad SMARTS) is 1. The maximum absolute atomic E-state index is 12.3. The topological polar surface area (TPSA) is 92.7 Å². The van der Waals surface area contributed by atoms with Crippen LogP contribution in [0.4, 0.5) is 5.95 Å². The predicted octanol–water partition coefficient (Wildman–Crippen LogP) is -0.0810.